The van der Waals surface area contributed by atoms with Crippen LogP contribution in [-0.4, -0.2) is 23.1 Å². The second kappa shape index (κ2) is 5.58. The lowest BCUT2D eigenvalue weighted by molar-refractivity contribution is 0.242. The van der Waals surface area contributed by atoms with Crippen molar-refractivity contribution in [3.63, 3.8) is 0 Å². The molecule has 2 N–H and O–H groups in total. The Labute approximate surface area is 107 Å². The van der Waals surface area contributed by atoms with Crippen molar-refractivity contribution < 1.29 is 4.74 Å². The molecule has 4 nitrogen and oxygen atoms in total. The number of hydrogen-bond acceptors (Lipinski definition) is 3. The van der Waals surface area contributed by atoms with Crippen molar-refractivity contribution in [3.8, 4) is 5.75 Å². The molecule has 0 aliphatic rings. The first-order chi connectivity index (χ1) is 8.67. The first-order valence-electron chi connectivity index (χ1n) is 6.14. The fraction of sp³-hybridized carbons (Fsp3) is 0.357. The molecular formula is C14H19N3O. The van der Waals surface area contributed by atoms with Crippen LogP contribution in [0.3, 0.4) is 0 Å². The van der Waals surface area contributed by atoms with E-state index >= 15 is 0 Å². The molecule has 1 aromatic carbocycles. The van der Waals surface area contributed by atoms with E-state index < -0.39 is 0 Å². The fourth-order valence-corrected chi connectivity index (χ4v) is 1.75. The van der Waals surface area contributed by atoms with Crippen molar-refractivity contribution in [1.82, 2.24) is 9.97 Å². The van der Waals surface area contributed by atoms with E-state index in [2.05, 4.69) is 27.4 Å². The Morgan fingerprint density at radius 2 is 2.00 bits per heavy atom. The highest BCUT2D eigenvalue weighted by molar-refractivity contribution is 5.32. The molecule has 0 unspecified atom stereocenters. The average molecular weight is 245 g/mol. The normalized spacial score (nSPS) is 10.7. The van der Waals surface area contributed by atoms with E-state index in [1.807, 2.05) is 39.2 Å². The zero-order chi connectivity index (χ0) is 13.0. The minimum absolute atomic E-state index is 0.210. The Morgan fingerprint density at radius 1 is 1.28 bits per heavy atom. The molecule has 0 saturated heterocycles. The third-order valence-corrected chi connectivity index (χ3v) is 2.55. The minimum Gasteiger partial charge on any atom is -0.491 e. The summed E-state index contributed by atoms with van der Waals surface area (Å²) in [7, 11) is 1.85. The number of ether oxygens (including phenoxy) is 1. The Hall–Kier alpha value is -1.97. The van der Waals surface area contributed by atoms with E-state index in [9.17, 15) is 0 Å². The smallest absolute Gasteiger partial charge is 0.200 e. The molecule has 0 atom stereocenters. The maximum Gasteiger partial charge on any atom is 0.200 e. The second-order valence-corrected chi connectivity index (χ2v) is 4.49. The first kappa shape index (κ1) is 12.5. The quantitative estimate of drug-likeness (QED) is 0.851. The maximum atomic E-state index is 5.61. The molecule has 0 aliphatic carbocycles. The van der Waals surface area contributed by atoms with Crippen molar-refractivity contribution in [3.05, 3.63) is 41.7 Å². The third-order valence-electron chi connectivity index (χ3n) is 2.55. The van der Waals surface area contributed by atoms with Gasteiger partial charge in [-0.25, -0.2) is 4.98 Å². The molecule has 18 heavy (non-hydrogen) atoms. The number of anilines is 1. The van der Waals surface area contributed by atoms with Crippen molar-refractivity contribution >= 4 is 5.95 Å². The molecule has 0 amide bonds. The van der Waals surface area contributed by atoms with E-state index in [1.165, 1.54) is 5.56 Å². The van der Waals surface area contributed by atoms with Crippen LogP contribution in [-0.2, 0) is 6.42 Å². The van der Waals surface area contributed by atoms with Crippen LogP contribution in [0.5, 0.6) is 5.75 Å². The largest absolute Gasteiger partial charge is 0.491 e. The van der Waals surface area contributed by atoms with Gasteiger partial charge in [0.05, 0.1) is 12.3 Å². The van der Waals surface area contributed by atoms with Gasteiger partial charge in [0.1, 0.15) is 5.75 Å². The SMILES string of the molecule is CNc1ncc(Cc2ccc(OC(C)C)cc2)[nH]1. The Balaban J connectivity index is 2.01. The van der Waals surface area contributed by atoms with Gasteiger partial charge < -0.3 is 15.0 Å². The molecule has 0 saturated carbocycles. The Morgan fingerprint density at radius 3 is 2.56 bits per heavy atom. The number of nitrogens with one attached hydrogen (secondary N) is 2. The number of aromatic amines is 1. The summed E-state index contributed by atoms with van der Waals surface area (Å²) in [5, 5.41) is 2.98. The van der Waals surface area contributed by atoms with Crippen LogP contribution >= 0.6 is 0 Å². The Bertz CT molecular complexity index is 488. The third kappa shape index (κ3) is 3.26. The summed E-state index contributed by atoms with van der Waals surface area (Å²) in [5.74, 6) is 1.71. The summed E-state index contributed by atoms with van der Waals surface area (Å²) < 4.78 is 5.61. The van der Waals surface area contributed by atoms with E-state index in [0.29, 0.717) is 0 Å². The molecular weight excluding hydrogens is 226 g/mol. The second-order valence-electron chi connectivity index (χ2n) is 4.49. The van der Waals surface area contributed by atoms with Gasteiger partial charge in [0.2, 0.25) is 0 Å². The number of benzene rings is 1. The minimum atomic E-state index is 0.210. The molecule has 0 fully saturated rings. The summed E-state index contributed by atoms with van der Waals surface area (Å²) >= 11 is 0. The summed E-state index contributed by atoms with van der Waals surface area (Å²) in [6.07, 6.45) is 2.91. The van der Waals surface area contributed by atoms with Crippen LogP contribution < -0.4 is 10.1 Å². The predicted octanol–water partition coefficient (Wildman–Crippen LogP) is 2.83. The number of aromatic nitrogens is 2. The highest BCUT2D eigenvalue weighted by Crippen LogP contribution is 2.16. The van der Waals surface area contributed by atoms with Crippen LogP contribution in [0.2, 0.25) is 0 Å². The van der Waals surface area contributed by atoms with Crippen LogP contribution in [0, 0.1) is 0 Å². The number of nitrogens with zero attached hydrogens (tertiary/aromatic N) is 1. The molecule has 0 bridgehead atoms. The van der Waals surface area contributed by atoms with Gasteiger partial charge in [-0.2, -0.15) is 0 Å². The molecule has 0 spiro atoms. The summed E-state index contributed by atoms with van der Waals surface area (Å²) in [5.41, 5.74) is 2.33. The zero-order valence-electron chi connectivity index (χ0n) is 11.0. The van der Waals surface area contributed by atoms with Gasteiger partial charge in [-0.1, -0.05) is 12.1 Å². The molecule has 1 aromatic heterocycles. The molecule has 2 aromatic rings. The summed E-state index contributed by atoms with van der Waals surface area (Å²) in [6, 6.07) is 8.17. The molecule has 96 valence electrons. The van der Waals surface area contributed by atoms with Crippen molar-refractivity contribution in [1.29, 1.82) is 0 Å². The standard InChI is InChI=1S/C14H19N3O/c1-10(2)18-13-6-4-11(5-7-13)8-12-9-16-14(15-3)17-12/h4-7,9-10H,8H2,1-3H3,(H2,15,16,17). The summed E-state index contributed by atoms with van der Waals surface area (Å²) in [6.45, 7) is 4.05. The number of rotatable bonds is 5. The van der Waals surface area contributed by atoms with Crippen molar-refractivity contribution in [2.75, 3.05) is 12.4 Å². The van der Waals surface area contributed by atoms with Gasteiger partial charge >= 0.3 is 0 Å². The molecule has 4 heteroatoms. The van der Waals surface area contributed by atoms with E-state index in [0.717, 1.165) is 23.8 Å². The van der Waals surface area contributed by atoms with E-state index in [4.69, 9.17) is 4.74 Å². The lowest BCUT2D eigenvalue weighted by atomic mass is 10.1. The van der Waals surface area contributed by atoms with Crippen LogP contribution in [0.4, 0.5) is 5.95 Å². The molecule has 0 radical (unpaired) electrons. The topological polar surface area (TPSA) is 49.9 Å². The maximum absolute atomic E-state index is 5.61. The van der Waals surface area contributed by atoms with Crippen molar-refractivity contribution in [2.45, 2.75) is 26.4 Å². The summed E-state index contributed by atoms with van der Waals surface area (Å²) in [4.78, 5) is 7.40. The predicted molar refractivity (Wildman–Crippen MR) is 73.1 cm³/mol. The monoisotopic (exact) mass is 245 g/mol. The van der Waals surface area contributed by atoms with Gasteiger partial charge in [-0.3, -0.25) is 0 Å². The van der Waals surface area contributed by atoms with Gasteiger partial charge in [-0.05, 0) is 31.5 Å². The first-order valence-corrected chi connectivity index (χ1v) is 6.14. The number of hydrogen-bond donors (Lipinski definition) is 2. The van der Waals surface area contributed by atoms with E-state index in [-0.39, 0.29) is 6.10 Å². The van der Waals surface area contributed by atoms with Crippen LogP contribution in [0.15, 0.2) is 30.5 Å². The Kier molecular flexibility index (Phi) is 3.87. The van der Waals surface area contributed by atoms with Gasteiger partial charge in [0.15, 0.2) is 5.95 Å². The molecule has 2 rings (SSSR count). The zero-order valence-corrected chi connectivity index (χ0v) is 11.0. The molecule has 1 heterocycles. The fourth-order valence-electron chi connectivity index (χ4n) is 1.75. The lowest BCUT2D eigenvalue weighted by Crippen LogP contribution is -2.05. The highest BCUT2D eigenvalue weighted by Gasteiger charge is 2.02. The number of H-pyrrole nitrogens is 1. The molecule has 0 aliphatic heterocycles. The average Bonchev–Trinajstić information content (AvgIpc) is 2.79. The van der Waals surface area contributed by atoms with Crippen LogP contribution in [0.25, 0.3) is 0 Å². The lowest BCUT2D eigenvalue weighted by Gasteiger charge is -2.09. The highest BCUT2D eigenvalue weighted by atomic mass is 16.5. The van der Waals surface area contributed by atoms with E-state index in [1.54, 1.807) is 0 Å². The van der Waals surface area contributed by atoms with Crippen molar-refractivity contribution in [2.24, 2.45) is 0 Å². The van der Waals surface area contributed by atoms with Gasteiger partial charge in [0.25, 0.3) is 0 Å². The number of imidazole rings is 1. The van der Waals surface area contributed by atoms with Gasteiger partial charge in [-0.15, -0.1) is 0 Å². The van der Waals surface area contributed by atoms with Crippen LogP contribution in [0.1, 0.15) is 25.1 Å². The van der Waals surface area contributed by atoms with Gasteiger partial charge in [0, 0.05) is 19.2 Å².